The lowest BCUT2D eigenvalue weighted by Crippen LogP contribution is -2.46. The van der Waals surface area contributed by atoms with Gasteiger partial charge < -0.3 is 10.2 Å². The molecule has 0 saturated heterocycles. The Morgan fingerprint density at radius 3 is 1.93 bits per heavy atom. The van der Waals surface area contributed by atoms with Gasteiger partial charge in [0, 0.05) is 0 Å². The van der Waals surface area contributed by atoms with Gasteiger partial charge in [-0.15, -0.1) is 0 Å². The van der Waals surface area contributed by atoms with Gasteiger partial charge in [0.25, 0.3) is 0 Å². The predicted molar refractivity (Wildman–Crippen MR) is 64.4 cm³/mol. The number of halogens is 1. The molecule has 4 heteroatoms. The average molecular weight is 312 g/mol. The van der Waals surface area contributed by atoms with Gasteiger partial charge in [-0.3, -0.25) is 0 Å². The van der Waals surface area contributed by atoms with E-state index < -0.39 is 17.0 Å². The summed E-state index contributed by atoms with van der Waals surface area (Å²) in [6, 6.07) is 0. The highest BCUT2D eigenvalue weighted by atomic mass is 127. The third-order valence-electron chi connectivity index (χ3n) is 2.54. The number of aliphatic carboxylic acids is 1. The minimum absolute atomic E-state index is 0.0631. The Balaban J connectivity index is 5.35. The molecule has 3 nitrogen and oxygen atoms in total. The molecular weight excluding hydrogens is 295 g/mol. The normalized spacial score (nSPS) is 17.7. The summed E-state index contributed by atoms with van der Waals surface area (Å²) in [6.07, 6.45) is 0.387. The number of hydrogen-bond acceptors (Lipinski definition) is 2. The van der Waals surface area contributed by atoms with Crippen LogP contribution in [0.1, 0.15) is 34.1 Å². The molecule has 0 amide bonds. The van der Waals surface area contributed by atoms with E-state index in [2.05, 4.69) is 0 Å². The lowest BCUT2D eigenvalue weighted by Gasteiger charge is -2.39. The molecule has 82 valence electrons. The summed E-state index contributed by atoms with van der Waals surface area (Å²) in [5.41, 5.74) is -1.70. The fraction of sp³-hybridized carbons (Fsp3) is 0.700. The number of hydrogen-bond donors (Lipinski definition) is 2. The first-order valence-electron chi connectivity index (χ1n) is 4.47. The van der Waals surface area contributed by atoms with E-state index in [1.54, 1.807) is 6.92 Å². The Morgan fingerprint density at radius 2 is 1.86 bits per heavy atom. The zero-order valence-electron chi connectivity index (χ0n) is 8.97. The molecule has 0 aliphatic rings. The molecule has 0 aliphatic heterocycles. The summed E-state index contributed by atoms with van der Waals surface area (Å²) >= 11 is 1.85. The summed E-state index contributed by atoms with van der Waals surface area (Å²) < 4.78 is 1.44. The SMILES string of the molecule is CCC(O)(C(=CI)C(=O)O)C(C)(C)C. The standard InChI is InChI=1S/C10H17IO3/c1-5-10(14,9(2,3)4)7(6-11)8(12)13/h6,14H,5H2,1-4H3,(H,12,13). The summed E-state index contributed by atoms with van der Waals surface area (Å²) in [7, 11) is 0. The van der Waals surface area contributed by atoms with E-state index in [0.717, 1.165) is 0 Å². The van der Waals surface area contributed by atoms with Crippen LogP contribution in [0.2, 0.25) is 0 Å². The highest BCUT2D eigenvalue weighted by Gasteiger charge is 2.44. The third-order valence-corrected chi connectivity index (χ3v) is 3.16. The molecule has 14 heavy (non-hydrogen) atoms. The number of rotatable bonds is 3. The maximum atomic E-state index is 10.9. The van der Waals surface area contributed by atoms with Gasteiger partial charge in [0.05, 0.1) is 5.57 Å². The van der Waals surface area contributed by atoms with Crippen LogP contribution in [0.3, 0.4) is 0 Å². The first-order chi connectivity index (χ1) is 6.20. The van der Waals surface area contributed by atoms with Crippen LogP contribution in [0, 0.1) is 5.41 Å². The second kappa shape index (κ2) is 4.61. The zero-order chi connectivity index (χ0) is 11.6. The summed E-state index contributed by atoms with van der Waals surface area (Å²) in [4.78, 5) is 10.9. The van der Waals surface area contributed by atoms with Gasteiger partial charge >= 0.3 is 5.97 Å². The van der Waals surface area contributed by atoms with E-state index in [4.69, 9.17) is 5.11 Å². The number of carbonyl (C=O) groups is 1. The average Bonchev–Trinajstić information content (AvgIpc) is 2.02. The molecule has 0 rings (SSSR count). The lowest BCUT2D eigenvalue weighted by molar-refractivity contribution is -0.137. The second-order valence-electron chi connectivity index (χ2n) is 4.29. The summed E-state index contributed by atoms with van der Waals surface area (Å²) in [5.74, 6) is -1.06. The van der Waals surface area contributed by atoms with Crippen molar-refractivity contribution < 1.29 is 15.0 Å². The van der Waals surface area contributed by atoms with E-state index in [-0.39, 0.29) is 5.57 Å². The van der Waals surface area contributed by atoms with Crippen LogP contribution in [-0.2, 0) is 4.79 Å². The molecule has 0 spiro atoms. The molecule has 0 fully saturated rings. The van der Waals surface area contributed by atoms with Crippen molar-refractivity contribution in [2.75, 3.05) is 0 Å². The van der Waals surface area contributed by atoms with Gasteiger partial charge in [0.1, 0.15) is 5.60 Å². The second-order valence-corrected chi connectivity index (χ2v) is 4.91. The maximum absolute atomic E-state index is 10.9. The Labute approximate surface area is 98.3 Å². The van der Waals surface area contributed by atoms with Crippen LogP contribution in [0.4, 0.5) is 0 Å². The fourth-order valence-electron chi connectivity index (χ4n) is 1.44. The van der Waals surface area contributed by atoms with E-state index >= 15 is 0 Å². The third kappa shape index (κ3) is 2.48. The quantitative estimate of drug-likeness (QED) is 0.622. The van der Waals surface area contributed by atoms with Crippen molar-refractivity contribution in [1.82, 2.24) is 0 Å². The van der Waals surface area contributed by atoms with E-state index in [1.807, 2.05) is 43.4 Å². The van der Waals surface area contributed by atoms with Crippen LogP contribution in [-0.4, -0.2) is 21.8 Å². The molecule has 0 heterocycles. The highest BCUT2D eigenvalue weighted by Crippen LogP contribution is 2.39. The first-order valence-corrected chi connectivity index (χ1v) is 5.71. The van der Waals surface area contributed by atoms with Crippen LogP contribution in [0.5, 0.6) is 0 Å². The smallest absolute Gasteiger partial charge is 0.334 e. The molecule has 0 aromatic rings. The molecule has 0 aliphatic carbocycles. The van der Waals surface area contributed by atoms with Gasteiger partial charge in [-0.2, -0.15) is 0 Å². The number of carboxylic acid groups (broad SMARTS) is 1. The Morgan fingerprint density at radius 1 is 1.43 bits per heavy atom. The summed E-state index contributed by atoms with van der Waals surface area (Å²) in [5, 5.41) is 19.3. The molecule has 2 N–H and O–H groups in total. The highest BCUT2D eigenvalue weighted by molar-refractivity contribution is 14.1. The minimum atomic E-state index is -1.28. The van der Waals surface area contributed by atoms with E-state index in [0.29, 0.717) is 6.42 Å². The Kier molecular flexibility index (Phi) is 4.58. The van der Waals surface area contributed by atoms with Crippen molar-refractivity contribution in [2.24, 2.45) is 5.41 Å². The number of carboxylic acids is 1. The van der Waals surface area contributed by atoms with Crippen LogP contribution in [0.25, 0.3) is 0 Å². The zero-order valence-corrected chi connectivity index (χ0v) is 11.1. The lowest BCUT2D eigenvalue weighted by atomic mass is 9.70. The van der Waals surface area contributed by atoms with Gasteiger partial charge in [0.2, 0.25) is 0 Å². The predicted octanol–water partition coefficient (Wildman–Crippen LogP) is 2.58. The molecule has 0 aromatic heterocycles. The van der Waals surface area contributed by atoms with Gasteiger partial charge in [-0.05, 0) is 15.9 Å². The minimum Gasteiger partial charge on any atom is -0.478 e. The topological polar surface area (TPSA) is 57.5 Å². The molecule has 0 saturated carbocycles. The van der Waals surface area contributed by atoms with E-state index in [9.17, 15) is 9.90 Å². The van der Waals surface area contributed by atoms with Crippen molar-refractivity contribution in [1.29, 1.82) is 0 Å². The maximum Gasteiger partial charge on any atom is 0.334 e. The first kappa shape index (κ1) is 13.9. The van der Waals surface area contributed by atoms with Crippen molar-refractivity contribution in [3.05, 3.63) is 9.66 Å². The largest absolute Gasteiger partial charge is 0.478 e. The monoisotopic (exact) mass is 312 g/mol. The molecule has 0 aromatic carbocycles. The molecular formula is C10H17IO3. The molecule has 1 unspecified atom stereocenters. The Bertz CT molecular complexity index is 253. The molecule has 0 bridgehead atoms. The van der Waals surface area contributed by atoms with Crippen molar-refractivity contribution >= 4 is 28.6 Å². The number of aliphatic hydroxyl groups is 1. The van der Waals surface area contributed by atoms with Crippen molar-refractivity contribution in [3.63, 3.8) is 0 Å². The van der Waals surface area contributed by atoms with Gasteiger partial charge in [-0.25, -0.2) is 4.79 Å². The fourth-order valence-corrected chi connectivity index (χ4v) is 2.22. The van der Waals surface area contributed by atoms with Crippen LogP contribution < -0.4 is 0 Å². The van der Waals surface area contributed by atoms with Crippen molar-refractivity contribution in [3.8, 4) is 0 Å². The van der Waals surface area contributed by atoms with Gasteiger partial charge in [0.15, 0.2) is 0 Å². The van der Waals surface area contributed by atoms with Crippen molar-refractivity contribution in [2.45, 2.75) is 39.7 Å². The van der Waals surface area contributed by atoms with Crippen LogP contribution in [0.15, 0.2) is 9.66 Å². The molecule has 1 atom stereocenters. The van der Waals surface area contributed by atoms with Crippen LogP contribution >= 0.6 is 22.6 Å². The van der Waals surface area contributed by atoms with Gasteiger partial charge in [-0.1, -0.05) is 50.3 Å². The summed E-state index contributed by atoms with van der Waals surface area (Å²) in [6.45, 7) is 7.28. The Hall–Kier alpha value is -0.100. The molecule has 0 radical (unpaired) electrons. The van der Waals surface area contributed by atoms with E-state index in [1.165, 1.54) is 4.08 Å².